The predicted octanol–water partition coefficient (Wildman–Crippen LogP) is 23.8. The van der Waals surface area contributed by atoms with Gasteiger partial charge < -0.3 is 4.74 Å². The van der Waals surface area contributed by atoms with E-state index in [9.17, 15) is 9.59 Å². The van der Waals surface area contributed by atoms with Crippen LogP contribution in [0.1, 0.15) is 179 Å². The molecule has 4 rings (SSSR count). The van der Waals surface area contributed by atoms with Crippen LogP contribution in [0.4, 0.5) is 4.39 Å². The second-order valence-electron chi connectivity index (χ2n) is 9.74. The maximum atomic E-state index is 15.5. The average molecular weight is 622 g/mol. The molecule has 320 valence electrons. The van der Waals surface area contributed by atoms with Gasteiger partial charge in [0.15, 0.2) is 10.8 Å². The maximum absolute atomic E-state index is 15.5. The first-order chi connectivity index (χ1) is 22.4. The van der Waals surface area contributed by atoms with Crippen molar-refractivity contribution in [1.29, 1.82) is 0 Å². The number of Topliss-reactive ketones (excluding diaryl/α,β-unsaturated/α-hetero) is 1. The number of aryl methyl sites for hydroxylation is 1. The van der Waals surface area contributed by atoms with Crippen LogP contribution >= 0.6 is 11.3 Å². The summed E-state index contributed by atoms with van der Waals surface area (Å²) in [5.41, 5.74) is 1.77. The third kappa shape index (κ3) is 3.61. The zero-order valence-corrected chi connectivity index (χ0v) is 20.7. The Hall–Kier alpha value is -2.05. The van der Waals surface area contributed by atoms with Gasteiger partial charge in [0.25, 0.3) is 0 Å². The summed E-state index contributed by atoms with van der Waals surface area (Å²) < 4.78 is 99.4. The van der Waals surface area contributed by atoms with Crippen LogP contribution in [0, 0.1) is 37.4 Å². The van der Waals surface area contributed by atoms with Crippen LogP contribution in [0.3, 0.4) is 0 Å². The zero-order valence-electron chi connectivity index (χ0n) is 34.8. The van der Waals surface area contributed by atoms with Crippen LogP contribution in [0.5, 0.6) is 5.06 Å². The van der Waals surface area contributed by atoms with E-state index >= 15 is 4.39 Å². The minimum atomic E-state index is -1.17. The van der Waals surface area contributed by atoms with Gasteiger partial charge in [0.2, 0.25) is 0 Å². The molecule has 0 saturated heterocycles. The summed E-state index contributed by atoms with van der Waals surface area (Å²) in [4.78, 5) is 28.7. The lowest BCUT2D eigenvalue weighted by atomic mass is 9.77. The average Bonchev–Trinajstić information content (AvgIpc) is 3.60. The van der Waals surface area contributed by atoms with Gasteiger partial charge in [0.1, 0.15) is 11.4 Å². The van der Waals surface area contributed by atoms with Crippen LogP contribution in [-0.4, -0.2) is 22.7 Å². The summed E-state index contributed by atoms with van der Waals surface area (Å²) in [5.74, 6) is -0.357. The van der Waals surface area contributed by atoms with Gasteiger partial charge in [-0.25, -0.2) is 4.39 Å². The maximum Gasteiger partial charge on any atom is 0.308 e. The number of esters is 1. The number of hydrogen-bond acceptors (Lipinski definition) is 5. The van der Waals surface area contributed by atoms with E-state index in [1.807, 2.05) is 27.7 Å². The molecule has 1 saturated carbocycles. The van der Waals surface area contributed by atoms with Crippen LogP contribution in [0.25, 0.3) is 0 Å². The van der Waals surface area contributed by atoms with E-state index < -0.39 is 11.5 Å². The third-order valence-electron chi connectivity index (χ3n) is 7.73. The summed E-state index contributed by atoms with van der Waals surface area (Å²) in [6.45, 7) is 13.6. The quantitative estimate of drug-likeness (QED) is 0.312. The second-order valence-corrected chi connectivity index (χ2v) is 10.8. The number of ether oxygens (including phenoxy) is 1. The Bertz CT molecular complexity index is 1230. The summed E-state index contributed by atoms with van der Waals surface area (Å²) in [5, 5.41) is 0.289. The normalized spacial score (nSPS) is 29.1. The smallest absolute Gasteiger partial charge is 0.308 e. The number of carbonyl (C=O) groups is 2. The molecular formula is C26H180FNO3S. The Morgan fingerprint density at radius 1 is 1.34 bits per heavy atom. The van der Waals surface area contributed by atoms with E-state index in [4.69, 9.17) is 26.9 Å². The molecule has 0 spiro atoms. The molecule has 2 aliphatic rings. The Morgan fingerprint density at radius 3 is 2.59 bits per heavy atom. The highest BCUT2D eigenvalue weighted by molar-refractivity contribution is 7.14. The van der Waals surface area contributed by atoms with Crippen LogP contribution in [0.15, 0.2) is 18.2 Å². The molecule has 0 bridgehead atoms. The van der Waals surface area contributed by atoms with Crippen molar-refractivity contribution in [1.82, 2.24) is 4.90 Å². The number of hydrogen-bond donors (Lipinski definition) is 0. The number of fused-ring (bicyclic) bond motifs is 1. The molecule has 2 heterocycles. The Labute approximate surface area is 316 Å². The number of carbonyl (C=O) groups excluding carboxylic acids is 2. The van der Waals surface area contributed by atoms with Gasteiger partial charge in [0.05, 0.1) is 1.37 Å². The van der Waals surface area contributed by atoms with Crippen molar-refractivity contribution >= 4 is 23.1 Å². The number of ketones is 1. The van der Waals surface area contributed by atoms with Crippen molar-refractivity contribution in [2.75, 3.05) is 0 Å². The fourth-order valence-electron chi connectivity index (χ4n) is 5.42. The topological polar surface area (TPSA) is 46.6 Å². The van der Waals surface area contributed by atoms with Crippen LogP contribution in [0.2, 0.25) is 0 Å². The Morgan fingerprint density at radius 2 is 2.00 bits per heavy atom. The van der Waals surface area contributed by atoms with E-state index in [1.54, 1.807) is 6.07 Å². The minimum absolute atomic E-state index is 0. The number of nitrogens with zero attached hydrogens (tertiary/aromatic N) is 1. The molecule has 32 heavy (non-hydrogen) atoms. The summed E-state index contributed by atoms with van der Waals surface area (Å²) >= 11 is 1.32. The van der Waals surface area contributed by atoms with Crippen LogP contribution < -0.4 is 4.74 Å². The van der Waals surface area contributed by atoms with E-state index in [1.165, 1.54) is 24.3 Å². The lowest BCUT2D eigenvalue weighted by molar-refractivity contribution is -0.136. The predicted molar refractivity (Wildman–Crippen MR) is 281 cm³/mol. The lowest BCUT2D eigenvalue weighted by Crippen LogP contribution is -2.56. The molecule has 0 N–H and O–H groups in total. The molecule has 0 radical (unpaired) electrons. The van der Waals surface area contributed by atoms with E-state index in [0.717, 1.165) is 21.6 Å². The number of thiophene rings is 1. The molecule has 1 aliphatic heterocycles. The van der Waals surface area contributed by atoms with Crippen molar-refractivity contribution in [3.63, 3.8) is 0 Å². The van der Waals surface area contributed by atoms with Gasteiger partial charge in [0, 0.05) is 152 Å². The van der Waals surface area contributed by atoms with Gasteiger partial charge in [-0.15, -0.1) is 11.3 Å². The molecule has 1 aromatic heterocycles. The molecule has 4 unspecified atom stereocenters. The Kier molecular flexibility index (Phi) is 3.77. The highest BCUT2D eigenvalue weighted by atomic mass is 32.1. The summed E-state index contributed by atoms with van der Waals surface area (Å²) in [6, 6.07) is 3.35. The molecule has 1 fully saturated rings. The first-order valence-electron chi connectivity index (χ1n) is 18.8. The molecule has 0 amide bonds. The molecule has 6 heteroatoms. The molecule has 4 nitrogen and oxygen atoms in total. The molecule has 1 aliphatic carbocycles. The van der Waals surface area contributed by atoms with Gasteiger partial charge in [-0.3, -0.25) is 14.5 Å². The van der Waals surface area contributed by atoms with Crippen molar-refractivity contribution < 1.29 is 136 Å². The van der Waals surface area contributed by atoms with E-state index in [0.29, 0.717) is 18.5 Å². The fraction of sp³-hybridized carbons (Fsp3) is 0.538. The number of halogens is 1. The van der Waals surface area contributed by atoms with Crippen molar-refractivity contribution in [2.45, 2.75) is 73.0 Å². The van der Waals surface area contributed by atoms with E-state index in [2.05, 4.69) is 18.7 Å². The second kappa shape index (κ2) is 8.07. The summed E-state index contributed by atoms with van der Waals surface area (Å²) in [6.07, 6.45) is 0.609. The zero-order chi connectivity index (χ0) is 38.4. The molecule has 4 atom stereocenters. The van der Waals surface area contributed by atoms with Crippen molar-refractivity contribution in [3.05, 3.63) is 51.1 Å². The van der Waals surface area contributed by atoms with Gasteiger partial charge in [-0.2, -0.15) is 0 Å². The van der Waals surface area contributed by atoms with Crippen molar-refractivity contribution in [3.8, 4) is 5.06 Å². The monoisotopic (exact) mass is 621 g/mol. The fourth-order valence-corrected chi connectivity index (χ4v) is 6.54. The molecular weight excluding hydrogens is 425 g/mol. The van der Waals surface area contributed by atoms with Gasteiger partial charge in [-0.1, -0.05) is 19.9 Å². The van der Waals surface area contributed by atoms with Crippen molar-refractivity contribution in [2.24, 2.45) is 17.8 Å². The molecule has 2 aromatic rings. The highest BCUT2D eigenvalue weighted by Crippen LogP contribution is 2.52. The third-order valence-corrected chi connectivity index (χ3v) is 8.76. The molecule has 1 aromatic carbocycles. The number of benzene rings is 1. The largest absolute Gasteiger partial charge is 0.416 e. The van der Waals surface area contributed by atoms with Gasteiger partial charge >= 0.3 is 5.97 Å². The first kappa shape index (κ1) is 15.0. The highest BCUT2D eigenvalue weighted by Gasteiger charge is 2.57. The standard InChI is InChI=1S/C26H32FNO3S.74H2/c1-13-8-9-20(27)24(15(13)3)26(7,25(30)23-16(4)17(23)5)28-12-19-11-22(31-18(6)29)32-21(19)10-14(28)2;;;;;;;;;;;;;;;;;;;;;;;;;;;;;;;;;;;;;;;;;;;;;;;;;;;;;;;;;;;;;;;;;;;;;;;;;;/h8-9,11,14,16-17,23H,10,12H2,1-7H3;74*1H/i11D;7*1+1D;;;;;;;;;;;;;;;;;;;;;;;;;;;;;;;;;;;;;;;;;;;;;;;;;;;;;;;;;;;;;;;;;;;. The van der Waals surface area contributed by atoms with E-state index in [-0.39, 0.29) is 142 Å². The Balaban J connectivity index is -0.00000000316. The SMILES string of the molecule is [2H][2H].[2H][2H].[2H][2H].[2H][2H].[2H][2H].[2H][2H].[2H][2H].[2H]c1c(OC(C)=O)sc2c1CN(C(C)(C(=O)C1C(C)C1C)c1c(F)ccc(C)c1C)C(C)C2.[HH].[HH].[HH].[HH].[HH].[HH].[HH].[HH].[HH].[HH].[HH].[HH].[HH].[HH].[HH].[HH].[HH].[HH].[HH].[HH].[HH].[HH].[HH].[HH].[HH].[HH].[HH].[HH].[HH].[HH].[HH].[HH].[HH].[HH].[HH].[HH].[HH].[HH].[HH].[HH].[HH].[HH].[HH].[HH].[HH].[HH].[HH].[HH].[HH].[HH].[HH].[HH].[HH].[HH].[HH].[HH].[HH].[HH].[HH].[HH].[HH].[HH].[HH].[HH].[HH].[HH].[HH]. The summed E-state index contributed by atoms with van der Waals surface area (Å²) in [7, 11) is 0. The first-order valence-corrected chi connectivity index (χ1v) is 12.1. The lowest BCUT2D eigenvalue weighted by Gasteiger charge is -2.47. The minimum Gasteiger partial charge on any atom is -0.416 e. The van der Waals surface area contributed by atoms with Crippen LogP contribution in [-0.2, 0) is 28.1 Å². The van der Waals surface area contributed by atoms with Gasteiger partial charge in [-0.05, 0) is 74.8 Å². The number of rotatable bonds is 5.